The summed E-state index contributed by atoms with van der Waals surface area (Å²) >= 11 is 5.97. The highest BCUT2D eigenvalue weighted by atomic mass is 35.5. The van der Waals surface area contributed by atoms with Gasteiger partial charge in [-0.05, 0) is 26.7 Å². The molecule has 2 rings (SSSR count). The number of rotatable bonds is 4. The van der Waals surface area contributed by atoms with Crippen molar-refractivity contribution >= 4 is 11.6 Å². The third-order valence-corrected chi connectivity index (χ3v) is 2.27. The van der Waals surface area contributed by atoms with Crippen LogP contribution in [0.25, 0.3) is 0 Å². The second-order valence-electron chi connectivity index (χ2n) is 3.91. The summed E-state index contributed by atoms with van der Waals surface area (Å²) in [7, 11) is 0. The minimum atomic E-state index is 0.102. The van der Waals surface area contributed by atoms with E-state index in [0.717, 1.165) is 12.8 Å². The van der Waals surface area contributed by atoms with Crippen molar-refractivity contribution in [3.8, 4) is 11.5 Å². The van der Waals surface area contributed by atoms with Crippen LogP contribution >= 0.6 is 11.6 Å². The van der Waals surface area contributed by atoms with E-state index in [2.05, 4.69) is 4.98 Å². The van der Waals surface area contributed by atoms with E-state index in [0.29, 0.717) is 22.8 Å². The molecule has 82 valence electrons. The summed E-state index contributed by atoms with van der Waals surface area (Å²) in [5.74, 6) is 1.26. The summed E-state index contributed by atoms with van der Waals surface area (Å²) in [5, 5.41) is 0.375. The second kappa shape index (κ2) is 4.27. The van der Waals surface area contributed by atoms with Crippen LogP contribution in [0, 0.1) is 0 Å². The van der Waals surface area contributed by atoms with Gasteiger partial charge in [0, 0.05) is 12.3 Å². The number of halogens is 1. The van der Waals surface area contributed by atoms with Crippen LogP contribution in [0.2, 0.25) is 5.15 Å². The molecule has 1 aromatic heterocycles. The molecule has 0 saturated heterocycles. The SMILES string of the molecule is CC(C)Oc1ccnc(Cl)c1OC1CC1. The lowest BCUT2D eigenvalue weighted by Gasteiger charge is -2.14. The second-order valence-corrected chi connectivity index (χ2v) is 4.27. The molecule has 1 saturated carbocycles. The molecule has 0 aromatic carbocycles. The molecule has 0 bridgehead atoms. The van der Waals surface area contributed by atoms with Crippen LogP contribution < -0.4 is 9.47 Å². The highest BCUT2D eigenvalue weighted by molar-refractivity contribution is 6.31. The fraction of sp³-hybridized carbons (Fsp3) is 0.545. The van der Waals surface area contributed by atoms with Gasteiger partial charge in [0.2, 0.25) is 0 Å². The fourth-order valence-corrected chi connectivity index (χ4v) is 1.41. The van der Waals surface area contributed by atoms with Gasteiger partial charge < -0.3 is 9.47 Å². The Morgan fingerprint density at radius 1 is 1.47 bits per heavy atom. The zero-order chi connectivity index (χ0) is 10.8. The average molecular weight is 228 g/mol. The molecule has 1 aliphatic rings. The molecule has 0 spiro atoms. The molecule has 3 nitrogen and oxygen atoms in total. The van der Waals surface area contributed by atoms with E-state index < -0.39 is 0 Å². The molecular formula is C11H14ClNO2. The van der Waals surface area contributed by atoms with Crippen LogP contribution in [0.3, 0.4) is 0 Å². The van der Waals surface area contributed by atoms with Crippen molar-refractivity contribution in [3.05, 3.63) is 17.4 Å². The Morgan fingerprint density at radius 2 is 2.20 bits per heavy atom. The smallest absolute Gasteiger partial charge is 0.199 e. The zero-order valence-corrected chi connectivity index (χ0v) is 9.62. The Labute approximate surface area is 94.4 Å². The molecule has 1 heterocycles. The predicted molar refractivity (Wildman–Crippen MR) is 58.7 cm³/mol. The molecule has 4 heteroatoms. The van der Waals surface area contributed by atoms with E-state index in [1.54, 1.807) is 12.3 Å². The van der Waals surface area contributed by atoms with Crippen molar-refractivity contribution in [3.63, 3.8) is 0 Å². The number of nitrogens with zero attached hydrogens (tertiary/aromatic N) is 1. The molecule has 0 atom stereocenters. The normalized spacial score (nSPS) is 15.5. The van der Waals surface area contributed by atoms with Crippen LogP contribution in [-0.2, 0) is 0 Å². The molecule has 0 unspecified atom stereocenters. The first-order valence-electron chi connectivity index (χ1n) is 5.14. The highest BCUT2D eigenvalue weighted by Crippen LogP contribution is 2.38. The first-order valence-corrected chi connectivity index (χ1v) is 5.52. The largest absolute Gasteiger partial charge is 0.487 e. The number of hydrogen-bond donors (Lipinski definition) is 0. The monoisotopic (exact) mass is 227 g/mol. The lowest BCUT2D eigenvalue weighted by molar-refractivity contribution is 0.217. The zero-order valence-electron chi connectivity index (χ0n) is 8.87. The summed E-state index contributed by atoms with van der Waals surface area (Å²) in [6.07, 6.45) is 4.20. The van der Waals surface area contributed by atoms with E-state index in [9.17, 15) is 0 Å². The first kappa shape index (κ1) is 10.6. The molecule has 0 N–H and O–H groups in total. The van der Waals surface area contributed by atoms with Crippen LogP contribution in [0.1, 0.15) is 26.7 Å². The van der Waals surface area contributed by atoms with Gasteiger partial charge in [0.05, 0.1) is 12.2 Å². The Bertz CT molecular complexity index is 350. The van der Waals surface area contributed by atoms with E-state index >= 15 is 0 Å². The van der Waals surface area contributed by atoms with Crippen LogP contribution in [0.5, 0.6) is 11.5 Å². The van der Waals surface area contributed by atoms with Crippen molar-refractivity contribution in [2.75, 3.05) is 0 Å². The van der Waals surface area contributed by atoms with Crippen LogP contribution in [0.15, 0.2) is 12.3 Å². The van der Waals surface area contributed by atoms with Gasteiger partial charge >= 0.3 is 0 Å². The van der Waals surface area contributed by atoms with Gasteiger partial charge in [0.25, 0.3) is 0 Å². The lowest BCUT2D eigenvalue weighted by Crippen LogP contribution is -2.08. The summed E-state index contributed by atoms with van der Waals surface area (Å²) in [4.78, 5) is 3.99. The fourth-order valence-electron chi connectivity index (χ4n) is 1.21. The van der Waals surface area contributed by atoms with Crippen molar-refractivity contribution in [2.45, 2.75) is 38.9 Å². The molecule has 1 fully saturated rings. The van der Waals surface area contributed by atoms with E-state index in [1.165, 1.54) is 0 Å². The third-order valence-electron chi connectivity index (χ3n) is 2.00. The molecule has 15 heavy (non-hydrogen) atoms. The Kier molecular flexibility index (Phi) is 3.00. The van der Waals surface area contributed by atoms with Gasteiger partial charge in [0.15, 0.2) is 16.7 Å². The van der Waals surface area contributed by atoms with Gasteiger partial charge in [-0.15, -0.1) is 0 Å². The van der Waals surface area contributed by atoms with E-state index in [4.69, 9.17) is 21.1 Å². The lowest BCUT2D eigenvalue weighted by atomic mass is 10.4. The van der Waals surface area contributed by atoms with E-state index in [-0.39, 0.29) is 6.10 Å². The van der Waals surface area contributed by atoms with E-state index in [1.807, 2.05) is 13.8 Å². The van der Waals surface area contributed by atoms with Gasteiger partial charge in [0.1, 0.15) is 0 Å². The number of pyridine rings is 1. The van der Waals surface area contributed by atoms with Crippen LogP contribution in [-0.4, -0.2) is 17.2 Å². The van der Waals surface area contributed by atoms with Crippen molar-refractivity contribution < 1.29 is 9.47 Å². The van der Waals surface area contributed by atoms with Crippen LogP contribution in [0.4, 0.5) is 0 Å². The highest BCUT2D eigenvalue weighted by Gasteiger charge is 2.26. The molecule has 0 radical (unpaired) electrons. The quantitative estimate of drug-likeness (QED) is 0.741. The molecular weight excluding hydrogens is 214 g/mol. The number of hydrogen-bond acceptors (Lipinski definition) is 3. The maximum absolute atomic E-state index is 5.97. The summed E-state index contributed by atoms with van der Waals surface area (Å²) in [5.41, 5.74) is 0. The molecule has 1 aromatic rings. The standard InChI is InChI=1S/C11H14ClNO2/c1-7(2)14-9-5-6-13-11(12)10(9)15-8-3-4-8/h5-8H,3-4H2,1-2H3. The Morgan fingerprint density at radius 3 is 2.80 bits per heavy atom. The van der Waals surface area contributed by atoms with Crippen molar-refractivity contribution in [1.82, 2.24) is 4.98 Å². The van der Waals surface area contributed by atoms with Crippen molar-refractivity contribution in [2.24, 2.45) is 0 Å². The minimum Gasteiger partial charge on any atom is -0.487 e. The Balaban J connectivity index is 2.21. The van der Waals surface area contributed by atoms with Crippen molar-refractivity contribution in [1.29, 1.82) is 0 Å². The van der Waals surface area contributed by atoms with Gasteiger partial charge in [-0.1, -0.05) is 11.6 Å². The average Bonchev–Trinajstić information content (AvgIpc) is 2.94. The first-order chi connectivity index (χ1) is 7.16. The number of aromatic nitrogens is 1. The summed E-state index contributed by atoms with van der Waals surface area (Å²) in [6, 6.07) is 1.78. The predicted octanol–water partition coefficient (Wildman–Crippen LogP) is 3.06. The molecule has 0 amide bonds. The van der Waals surface area contributed by atoms with Gasteiger partial charge in [-0.3, -0.25) is 0 Å². The maximum atomic E-state index is 5.97. The minimum absolute atomic E-state index is 0.102. The third kappa shape index (κ3) is 2.75. The Hall–Kier alpha value is -0.960. The van der Waals surface area contributed by atoms with Gasteiger partial charge in [-0.25, -0.2) is 4.98 Å². The summed E-state index contributed by atoms with van der Waals surface area (Å²) < 4.78 is 11.3. The molecule has 1 aliphatic carbocycles. The summed E-state index contributed by atoms with van der Waals surface area (Å²) in [6.45, 7) is 3.93. The maximum Gasteiger partial charge on any atom is 0.199 e. The number of ether oxygens (including phenoxy) is 2. The molecule has 0 aliphatic heterocycles. The van der Waals surface area contributed by atoms with Gasteiger partial charge in [-0.2, -0.15) is 0 Å². The topological polar surface area (TPSA) is 31.4 Å².